The van der Waals surface area contributed by atoms with Crippen molar-refractivity contribution in [3.05, 3.63) is 23.0 Å². The van der Waals surface area contributed by atoms with E-state index in [2.05, 4.69) is 10.3 Å². The van der Waals surface area contributed by atoms with Crippen molar-refractivity contribution in [3.8, 4) is 0 Å². The quantitative estimate of drug-likeness (QED) is 0.894. The van der Waals surface area contributed by atoms with E-state index in [0.29, 0.717) is 18.3 Å². The molecule has 24 heavy (non-hydrogen) atoms. The molecule has 1 unspecified atom stereocenters. The van der Waals surface area contributed by atoms with Crippen LogP contribution in [0.4, 0.5) is 0 Å². The number of piperidine rings is 1. The molecular weight excluding hydrogens is 302 g/mol. The van der Waals surface area contributed by atoms with Crippen LogP contribution in [-0.2, 0) is 4.79 Å². The number of aryl methyl sites for hydroxylation is 2. The zero-order valence-electron chi connectivity index (χ0n) is 14.9. The van der Waals surface area contributed by atoms with Crippen LogP contribution < -0.4 is 5.32 Å². The van der Waals surface area contributed by atoms with Gasteiger partial charge in [-0.3, -0.25) is 9.59 Å². The van der Waals surface area contributed by atoms with Gasteiger partial charge in [-0.15, -0.1) is 0 Å². The molecule has 5 heteroatoms. The topological polar surface area (TPSA) is 65.2 Å². The van der Waals surface area contributed by atoms with E-state index in [1.54, 1.807) is 0 Å². The molecule has 1 saturated heterocycles. The highest BCUT2D eigenvalue weighted by Gasteiger charge is 2.31. The second-order valence-electron chi connectivity index (χ2n) is 7.44. The molecule has 2 amide bonds. The fourth-order valence-corrected chi connectivity index (χ4v) is 4.05. The average molecular weight is 331 g/mol. The van der Waals surface area contributed by atoms with Crippen LogP contribution in [-0.4, -0.2) is 40.8 Å². The molecule has 0 radical (unpaired) electrons. The van der Waals surface area contributed by atoms with E-state index in [1.165, 1.54) is 19.3 Å². The molecule has 0 spiro atoms. The first-order valence-corrected chi connectivity index (χ1v) is 9.30. The first-order valence-electron chi connectivity index (χ1n) is 9.30. The molecule has 1 aromatic rings. The fraction of sp³-hybridized carbons (Fsp3) is 0.684. The van der Waals surface area contributed by atoms with Crippen molar-refractivity contribution in [2.45, 2.75) is 64.8 Å². The number of aromatic amines is 1. The van der Waals surface area contributed by atoms with E-state index in [4.69, 9.17) is 0 Å². The van der Waals surface area contributed by atoms with Gasteiger partial charge in [-0.25, -0.2) is 0 Å². The minimum Gasteiger partial charge on any atom is -0.354 e. The van der Waals surface area contributed by atoms with Gasteiger partial charge < -0.3 is 15.2 Å². The van der Waals surface area contributed by atoms with Crippen molar-refractivity contribution in [3.63, 3.8) is 0 Å². The van der Waals surface area contributed by atoms with Crippen LogP contribution in [0, 0.1) is 19.8 Å². The monoisotopic (exact) mass is 331 g/mol. The molecule has 1 aliphatic heterocycles. The Kier molecular flexibility index (Phi) is 5.27. The number of amides is 2. The van der Waals surface area contributed by atoms with Crippen molar-refractivity contribution >= 4 is 11.8 Å². The smallest absolute Gasteiger partial charge is 0.270 e. The number of nitrogens with one attached hydrogen (secondary N) is 2. The van der Waals surface area contributed by atoms with E-state index in [-0.39, 0.29) is 17.7 Å². The van der Waals surface area contributed by atoms with Crippen molar-refractivity contribution < 1.29 is 9.59 Å². The summed E-state index contributed by atoms with van der Waals surface area (Å²) in [5, 5.41) is 3.22. The number of rotatable bonds is 3. The highest BCUT2D eigenvalue weighted by atomic mass is 16.2. The minimum atomic E-state index is -0.0685. The van der Waals surface area contributed by atoms with Gasteiger partial charge in [0.1, 0.15) is 5.69 Å². The van der Waals surface area contributed by atoms with Crippen LogP contribution in [0.3, 0.4) is 0 Å². The molecule has 1 atom stereocenters. The van der Waals surface area contributed by atoms with Crippen LogP contribution in [0.1, 0.15) is 66.7 Å². The number of hydrogen-bond donors (Lipinski definition) is 2. The Morgan fingerprint density at radius 3 is 2.54 bits per heavy atom. The number of nitrogens with zero attached hydrogens (tertiary/aromatic N) is 1. The number of aromatic nitrogens is 1. The third-order valence-corrected chi connectivity index (χ3v) is 5.39. The van der Waals surface area contributed by atoms with Gasteiger partial charge in [0, 0.05) is 24.8 Å². The van der Waals surface area contributed by atoms with Gasteiger partial charge in [-0.05, 0) is 51.2 Å². The van der Waals surface area contributed by atoms with Gasteiger partial charge in [0.05, 0.1) is 5.92 Å². The Labute approximate surface area is 144 Å². The first kappa shape index (κ1) is 17.1. The molecular formula is C19H29N3O2. The molecule has 1 aromatic heterocycles. The SMILES string of the molecule is Cc1cc(C)c(C(=O)N2CCCC(C(=O)NC3CCCCC3)C2)[nH]1. The number of hydrogen-bond acceptors (Lipinski definition) is 2. The number of carbonyl (C=O) groups excluding carboxylic acids is 2. The second kappa shape index (κ2) is 7.41. The van der Waals surface area contributed by atoms with Gasteiger partial charge in [-0.2, -0.15) is 0 Å². The van der Waals surface area contributed by atoms with Gasteiger partial charge in [0.15, 0.2) is 0 Å². The molecule has 2 N–H and O–H groups in total. The van der Waals surface area contributed by atoms with E-state index < -0.39 is 0 Å². The lowest BCUT2D eigenvalue weighted by atomic mass is 9.93. The van der Waals surface area contributed by atoms with Crippen molar-refractivity contribution in [2.24, 2.45) is 5.92 Å². The molecule has 1 aliphatic carbocycles. The maximum absolute atomic E-state index is 12.8. The summed E-state index contributed by atoms with van der Waals surface area (Å²) in [5.74, 6) is 0.0931. The summed E-state index contributed by atoms with van der Waals surface area (Å²) in [6.45, 7) is 5.19. The molecule has 2 aliphatic rings. The average Bonchev–Trinajstić information content (AvgIpc) is 2.93. The van der Waals surface area contributed by atoms with Gasteiger partial charge in [0.2, 0.25) is 5.91 Å². The lowest BCUT2D eigenvalue weighted by Gasteiger charge is -2.33. The lowest BCUT2D eigenvalue weighted by Crippen LogP contribution is -2.48. The van der Waals surface area contributed by atoms with Crippen molar-refractivity contribution in [1.82, 2.24) is 15.2 Å². The van der Waals surface area contributed by atoms with Crippen LogP contribution in [0.15, 0.2) is 6.07 Å². The standard InChI is InChI=1S/C19H29N3O2/c1-13-11-14(2)20-17(13)19(24)22-10-6-7-15(12-22)18(23)21-16-8-4-3-5-9-16/h11,15-16,20H,3-10,12H2,1-2H3,(H,21,23). The third-order valence-electron chi connectivity index (χ3n) is 5.39. The predicted molar refractivity (Wildman–Crippen MR) is 93.9 cm³/mol. The highest BCUT2D eigenvalue weighted by Crippen LogP contribution is 2.22. The molecule has 3 rings (SSSR count). The Bertz CT molecular complexity index is 602. The summed E-state index contributed by atoms with van der Waals surface area (Å²) in [5.41, 5.74) is 2.64. The zero-order chi connectivity index (χ0) is 17.1. The van der Waals surface area contributed by atoms with E-state index in [1.807, 2.05) is 24.8 Å². The van der Waals surface area contributed by atoms with Crippen LogP contribution in [0.5, 0.6) is 0 Å². The minimum absolute atomic E-state index is 0.0239. The fourth-order valence-electron chi connectivity index (χ4n) is 4.05. The Balaban J connectivity index is 1.60. The highest BCUT2D eigenvalue weighted by molar-refractivity contribution is 5.94. The van der Waals surface area contributed by atoms with Crippen molar-refractivity contribution in [2.75, 3.05) is 13.1 Å². The summed E-state index contributed by atoms with van der Waals surface area (Å²) in [6, 6.07) is 2.33. The van der Waals surface area contributed by atoms with E-state index in [9.17, 15) is 9.59 Å². The maximum atomic E-state index is 12.8. The van der Waals surface area contributed by atoms with Gasteiger partial charge in [0.25, 0.3) is 5.91 Å². The van der Waals surface area contributed by atoms with E-state index >= 15 is 0 Å². The van der Waals surface area contributed by atoms with Crippen molar-refractivity contribution in [1.29, 1.82) is 0 Å². The zero-order valence-corrected chi connectivity index (χ0v) is 14.9. The molecule has 2 heterocycles. The van der Waals surface area contributed by atoms with Gasteiger partial charge >= 0.3 is 0 Å². The van der Waals surface area contributed by atoms with Crippen LogP contribution in [0.25, 0.3) is 0 Å². The maximum Gasteiger partial charge on any atom is 0.270 e. The number of H-pyrrole nitrogens is 1. The molecule has 132 valence electrons. The number of likely N-dealkylation sites (tertiary alicyclic amines) is 1. The molecule has 2 fully saturated rings. The van der Waals surface area contributed by atoms with E-state index in [0.717, 1.165) is 43.5 Å². The Morgan fingerprint density at radius 2 is 1.88 bits per heavy atom. The number of carbonyl (C=O) groups is 2. The molecule has 1 saturated carbocycles. The molecule has 0 aromatic carbocycles. The molecule has 5 nitrogen and oxygen atoms in total. The van der Waals surface area contributed by atoms with Gasteiger partial charge in [-0.1, -0.05) is 19.3 Å². The van der Waals surface area contributed by atoms with Crippen LogP contribution >= 0.6 is 0 Å². The molecule has 0 bridgehead atoms. The summed E-state index contributed by atoms with van der Waals surface area (Å²) < 4.78 is 0. The summed E-state index contributed by atoms with van der Waals surface area (Å²) in [7, 11) is 0. The third kappa shape index (κ3) is 3.82. The Hall–Kier alpha value is -1.78. The first-order chi connectivity index (χ1) is 11.5. The van der Waals surface area contributed by atoms with Crippen LogP contribution in [0.2, 0.25) is 0 Å². The predicted octanol–water partition coefficient (Wildman–Crippen LogP) is 2.93. The summed E-state index contributed by atoms with van der Waals surface area (Å²) >= 11 is 0. The largest absolute Gasteiger partial charge is 0.354 e. The second-order valence-corrected chi connectivity index (χ2v) is 7.44. The Morgan fingerprint density at radius 1 is 1.12 bits per heavy atom. The summed E-state index contributed by atoms with van der Waals surface area (Å²) in [4.78, 5) is 30.3. The lowest BCUT2D eigenvalue weighted by molar-refractivity contribution is -0.127. The normalized spacial score (nSPS) is 22.4. The summed E-state index contributed by atoms with van der Waals surface area (Å²) in [6.07, 6.45) is 7.69.